The van der Waals surface area contributed by atoms with Gasteiger partial charge in [-0.1, -0.05) is 33.0 Å². The second-order valence-electron chi connectivity index (χ2n) is 5.88. The summed E-state index contributed by atoms with van der Waals surface area (Å²) in [7, 11) is -1.09. The van der Waals surface area contributed by atoms with E-state index in [9.17, 15) is 4.79 Å². The lowest BCUT2D eigenvalue weighted by atomic mass is 9.82. The lowest BCUT2D eigenvalue weighted by Crippen LogP contribution is -2.35. The van der Waals surface area contributed by atoms with Gasteiger partial charge in [0.25, 0.3) is 0 Å². The second kappa shape index (κ2) is 3.56. The van der Waals surface area contributed by atoms with Gasteiger partial charge in [-0.25, -0.2) is 0 Å². The zero-order valence-corrected chi connectivity index (χ0v) is 10.4. The Morgan fingerprint density at radius 2 is 2.08 bits per heavy atom. The van der Waals surface area contributed by atoms with Gasteiger partial charge in [-0.3, -0.25) is 0 Å². The molecule has 0 aromatic carbocycles. The Labute approximate surface area is 82.9 Å². The van der Waals surface area contributed by atoms with Crippen molar-refractivity contribution in [3.05, 3.63) is 0 Å². The van der Waals surface area contributed by atoms with Crippen LogP contribution in [0.4, 0.5) is 0 Å². The van der Waals surface area contributed by atoms with Crippen molar-refractivity contribution in [1.29, 1.82) is 0 Å². The summed E-state index contributed by atoms with van der Waals surface area (Å²) in [6.45, 7) is 9.34. The van der Waals surface area contributed by atoms with E-state index in [0.717, 1.165) is 6.42 Å². The highest BCUT2D eigenvalue weighted by Crippen LogP contribution is 2.46. The van der Waals surface area contributed by atoms with Gasteiger partial charge in [0.1, 0.15) is 6.29 Å². The molecular weight excluding hydrogens is 176 g/mol. The minimum Gasteiger partial charge on any atom is -0.303 e. The molecule has 0 aliphatic heterocycles. The quantitative estimate of drug-likeness (QED) is 0.502. The van der Waals surface area contributed by atoms with E-state index in [2.05, 4.69) is 26.6 Å². The Balaban J connectivity index is 2.76. The van der Waals surface area contributed by atoms with Crippen molar-refractivity contribution >= 4 is 14.4 Å². The highest BCUT2D eigenvalue weighted by Gasteiger charge is 2.42. The summed E-state index contributed by atoms with van der Waals surface area (Å²) in [5.74, 6) is 0.622. The molecule has 0 bridgehead atoms. The van der Waals surface area contributed by atoms with Crippen LogP contribution in [0.1, 0.15) is 26.2 Å². The van der Waals surface area contributed by atoms with Gasteiger partial charge in [-0.15, -0.1) is 0 Å². The molecule has 0 saturated heterocycles. The third-order valence-electron chi connectivity index (χ3n) is 3.35. The first kappa shape index (κ1) is 11.0. The summed E-state index contributed by atoms with van der Waals surface area (Å²) in [6, 6.07) is 1.19. The van der Waals surface area contributed by atoms with Crippen molar-refractivity contribution in [2.24, 2.45) is 11.3 Å². The largest absolute Gasteiger partial charge is 0.303 e. The molecule has 1 aliphatic carbocycles. The molecule has 2 heteroatoms. The zero-order valence-electron chi connectivity index (χ0n) is 9.39. The van der Waals surface area contributed by atoms with E-state index < -0.39 is 8.07 Å². The molecule has 1 aliphatic rings. The molecule has 0 aromatic heterocycles. The van der Waals surface area contributed by atoms with Crippen LogP contribution in [0.25, 0.3) is 0 Å². The molecule has 0 radical (unpaired) electrons. The Morgan fingerprint density at radius 3 is 2.38 bits per heavy atom. The Kier molecular flexibility index (Phi) is 3.00. The first-order valence-electron chi connectivity index (χ1n) is 5.36. The summed E-state index contributed by atoms with van der Waals surface area (Å²) >= 11 is 0. The Morgan fingerprint density at radius 1 is 1.46 bits per heavy atom. The topological polar surface area (TPSA) is 17.1 Å². The van der Waals surface area contributed by atoms with E-state index in [-0.39, 0.29) is 5.41 Å². The number of carbonyl (C=O) groups is 1. The second-order valence-corrected chi connectivity index (χ2v) is 11.4. The first-order chi connectivity index (χ1) is 5.90. The van der Waals surface area contributed by atoms with Crippen LogP contribution in [-0.4, -0.2) is 14.4 Å². The van der Waals surface area contributed by atoms with Crippen LogP contribution in [0.15, 0.2) is 0 Å². The molecule has 0 N–H and O–H groups in total. The van der Waals surface area contributed by atoms with Gasteiger partial charge >= 0.3 is 0 Å². The van der Waals surface area contributed by atoms with Crippen molar-refractivity contribution in [2.45, 2.75) is 51.9 Å². The van der Waals surface area contributed by atoms with Gasteiger partial charge in [0, 0.05) is 13.5 Å². The summed E-state index contributed by atoms with van der Waals surface area (Å²) < 4.78 is 0. The van der Waals surface area contributed by atoms with Gasteiger partial charge in [-0.05, 0) is 24.8 Å². The minimum absolute atomic E-state index is 0.0600. The van der Waals surface area contributed by atoms with Gasteiger partial charge in [0.2, 0.25) is 0 Å². The summed E-state index contributed by atoms with van der Waals surface area (Å²) in [5.41, 5.74) is 0.0600. The van der Waals surface area contributed by atoms with Crippen molar-refractivity contribution in [3.63, 3.8) is 0 Å². The van der Waals surface area contributed by atoms with Crippen LogP contribution < -0.4 is 0 Å². The molecule has 0 amide bonds. The summed E-state index contributed by atoms with van der Waals surface area (Å²) in [6.07, 6.45) is 4.92. The van der Waals surface area contributed by atoms with E-state index in [1.54, 1.807) is 0 Å². The Hall–Kier alpha value is -0.113. The predicted molar refractivity (Wildman–Crippen MR) is 59.7 cm³/mol. The lowest BCUT2D eigenvalue weighted by Gasteiger charge is -2.33. The molecule has 1 rings (SSSR count). The molecule has 1 nitrogen and oxygen atoms in total. The maximum atomic E-state index is 11.2. The smallest absolute Gasteiger partial charge is 0.126 e. The minimum atomic E-state index is -1.09. The average molecular weight is 198 g/mol. The molecule has 1 fully saturated rings. The predicted octanol–water partition coefficient (Wildman–Crippen LogP) is 3.33. The van der Waals surface area contributed by atoms with Crippen molar-refractivity contribution < 1.29 is 4.79 Å². The highest BCUT2D eigenvalue weighted by molar-refractivity contribution is 6.76. The third kappa shape index (κ3) is 2.43. The highest BCUT2D eigenvalue weighted by atomic mass is 28.3. The van der Waals surface area contributed by atoms with Crippen LogP contribution in [0.2, 0.25) is 25.7 Å². The van der Waals surface area contributed by atoms with Crippen molar-refractivity contribution in [3.8, 4) is 0 Å². The molecule has 0 heterocycles. The summed E-state index contributed by atoms with van der Waals surface area (Å²) in [5, 5.41) is 0. The van der Waals surface area contributed by atoms with Gasteiger partial charge in [0.15, 0.2) is 0 Å². The molecular formula is C11H22OSi. The maximum Gasteiger partial charge on any atom is 0.126 e. The normalized spacial score (nSPS) is 34.9. The molecule has 0 aromatic rings. The van der Waals surface area contributed by atoms with E-state index in [4.69, 9.17) is 0 Å². The zero-order chi connectivity index (χ0) is 10.1. The maximum absolute atomic E-state index is 11.2. The van der Waals surface area contributed by atoms with Crippen molar-refractivity contribution in [2.75, 3.05) is 0 Å². The molecule has 2 atom stereocenters. The lowest BCUT2D eigenvalue weighted by molar-refractivity contribution is -0.116. The number of hydrogen-bond acceptors (Lipinski definition) is 1. The fourth-order valence-corrected chi connectivity index (χ4v) is 5.32. The van der Waals surface area contributed by atoms with Crippen LogP contribution in [0, 0.1) is 11.3 Å². The monoisotopic (exact) mass is 198 g/mol. The molecule has 1 saturated carbocycles. The van der Waals surface area contributed by atoms with Crippen LogP contribution in [0.5, 0.6) is 0 Å². The van der Waals surface area contributed by atoms with Gasteiger partial charge in [-0.2, -0.15) is 0 Å². The SMILES string of the molecule is CC1CCCC1(C=O)C[Si](C)(C)C. The van der Waals surface area contributed by atoms with Crippen LogP contribution >= 0.6 is 0 Å². The fraction of sp³-hybridized carbons (Fsp3) is 0.909. The number of carbonyl (C=O) groups excluding carboxylic acids is 1. The molecule has 2 unspecified atom stereocenters. The Bertz CT molecular complexity index is 195. The number of aldehydes is 1. The summed E-state index contributed by atoms with van der Waals surface area (Å²) in [4.78, 5) is 11.2. The first-order valence-corrected chi connectivity index (χ1v) is 9.07. The van der Waals surface area contributed by atoms with Crippen LogP contribution in [0.3, 0.4) is 0 Å². The van der Waals surface area contributed by atoms with E-state index in [1.807, 2.05) is 0 Å². The number of hydrogen-bond donors (Lipinski definition) is 0. The van der Waals surface area contributed by atoms with E-state index >= 15 is 0 Å². The number of rotatable bonds is 3. The van der Waals surface area contributed by atoms with Gasteiger partial charge < -0.3 is 4.79 Å². The third-order valence-corrected chi connectivity index (χ3v) is 5.07. The van der Waals surface area contributed by atoms with Gasteiger partial charge in [0.05, 0.1) is 0 Å². The standard InChI is InChI=1S/C11H22OSi/c1-10-6-5-7-11(10,8-12)9-13(2,3)4/h8,10H,5-7,9H2,1-4H3. The average Bonchev–Trinajstić information content (AvgIpc) is 2.30. The van der Waals surface area contributed by atoms with E-state index in [1.165, 1.54) is 25.2 Å². The van der Waals surface area contributed by atoms with Crippen molar-refractivity contribution in [1.82, 2.24) is 0 Å². The van der Waals surface area contributed by atoms with E-state index in [0.29, 0.717) is 5.92 Å². The molecule has 76 valence electrons. The van der Waals surface area contributed by atoms with Crippen LogP contribution in [-0.2, 0) is 4.79 Å². The fourth-order valence-electron chi connectivity index (χ4n) is 2.74. The molecule has 13 heavy (non-hydrogen) atoms. The molecule has 0 spiro atoms.